The van der Waals surface area contributed by atoms with E-state index in [4.69, 9.17) is 0 Å². The van der Waals surface area contributed by atoms with E-state index in [0.29, 0.717) is 6.42 Å². The second kappa shape index (κ2) is 7.72. The van der Waals surface area contributed by atoms with E-state index in [2.05, 4.69) is 22.9 Å². The third-order valence-corrected chi connectivity index (χ3v) is 2.91. The highest BCUT2D eigenvalue weighted by atomic mass is 79.9. The molecule has 80 valence electrons. The number of unbranched alkanes of at least 4 members (excludes halogenated alkanes) is 5. The Bertz CT molecular complexity index is 115. The molecule has 0 aromatic heterocycles. The van der Waals surface area contributed by atoms with Crippen molar-refractivity contribution in [2.24, 2.45) is 0 Å². The SMILES string of the molecule is CCCCCCCCC(F)(F)CBr. The third-order valence-electron chi connectivity index (χ3n) is 2.09. The molecule has 0 nitrogen and oxygen atoms in total. The number of hydrogen-bond acceptors (Lipinski definition) is 0. The lowest BCUT2D eigenvalue weighted by Crippen LogP contribution is -2.17. The maximum absolute atomic E-state index is 12.7. The van der Waals surface area contributed by atoms with Crippen LogP contribution in [0.15, 0.2) is 0 Å². The minimum atomic E-state index is -2.50. The molecule has 0 saturated heterocycles. The van der Waals surface area contributed by atoms with E-state index in [-0.39, 0.29) is 11.8 Å². The zero-order valence-corrected chi connectivity index (χ0v) is 9.88. The summed E-state index contributed by atoms with van der Waals surface area (Å²) in [6.07, 6.45) is 6.37. The van der Waals surface area contributed by atoms with E-state index in [9.17, 15) is 8.78 Å². The number of hydrogen-bond donors (Lipinski definition) is 0. The molecule has 0 N–H and O–H groups in total. The summed E-state index contributed by atoms with van der Waals surface area (Å²) in [6.45, 7) is 2.15. The molecule has 0 saturated carbocycles. The summed E-state index contributed by atoms with van der Waals surface area (Å²) < 4.78 is 25.4. The molecular formula is C10H19BrF2. The monoisotopic (exact) mass is 256 g/mol. The van der Waals surface area contributed by atoms with E-state index in [1.165, 1.54) is 19.3 Å². The predicted molar refractivity (Wildman–Crippen MR) is 56.7 cm³/mol. The molecule has 0 fully saturated rings. The Morgan fingerprint density at radius 2 is 1.54 bits per heavy atom. The fraction of sp³-hybridized carbons (Fsp3) is 1.00. The normalized spacial score (nSPS) is 12.0. The van der Waals surface area contributed by atoms with Crippen LogP contribution in [0.25, 0.3) is 0 Å². The summed E-state index contributed by atoms with van der Waals surface area (Å²) in [4.78, 5) is 0. The van der Waals surface area contributed by atoms with Crippen molar-refractivity contribution < 1.29 is 8.78 Å². The van der Waals surface area contributed by atoms with Gasteiger partial charge in [-0.3, -0.25) is 0 Å². The highest BCUT2D eigenvalue weighted by Gasteiger charge is 2.25. The molecule has 0 rings (SSSR count). The standard InChI is InChI=1S/C10H19BrF2/c1-2-3-4-5-6-7-8-10(12,13)9-11/h2-9H2,1H3. The van der Waals surface area contributed by atoms with Gasteiger partial charge in [0.1, 0.15) is 0 Å². The smallest absolute Gasteiger partial charge is 0.206 e. The van der Waals surface area contributed by atoms with Crippen molar-refractivity contribution in [3.63, 3.8) is 0 Å². The van der Waals surface area contributed by atoms with Gasteiger partial charge in [0.2, 0.25) is 0 Å². The van der Waals surface area contributed by atoms with Crippen molar-refractivity contribution in [2.45, 2.75) is 57.8 Å². The maximum Gasteiger partial charge on any atom is 0.257 e. The average molecular weight is 257 g/mol. The van der Waals surface area contributed by atoms with Crippen molar-refractivity contribution in [1.29, 1.82) is 0 Å². The molecule has 3 heteroatoms. The summed E-state index contributed by atoms with van der Waals surface area (Å²) in [6, 6.07) is 0. The molecule has 0 bridgehead atoms. The molecule has 0 aliphatic rings. The molecule has 0 aromatic rings. The summed E-state index contributed by atoms with van der Waals surface area (Å²) >= 11 is 2.81. The first-order valence-electron chi connectivity index (χ1n) is 5.06. The van der Waals surface area contributed by atoms with Crippen LogP contribution in [0.2, 0.25) is 0 Å². The topological polar surface area (TPSA) is 0 Å². The second-order valence-electron chi connectivity index (χ2n) is 3.51. The Hall–Kier alpha value is 0.340. The first-order chi connectivity index (χ1) is 6.12. The van der Waals surface area contributed by atoms with E-state index in [1.807, 2.05) is 0 Å². The second-order valence-corrected chi connectivity index (χ2v) is 4.07. The van der Waals surface area contributed by atoms with Crippen LogP contribution in [0.1, 0.15) is 51.9 Å². The Morgan fingerprint density at radius 3 is 2.08 bits per heavy atom. The van der Waals surface area contributed by atoms with Crippen molar-refractivity contribution in [3.05, 3.63) is 0 Å². The van der Waals surface area contributed by atoms with Gasteiger partial charge in [-0.1, -0.05) is 55.0 Å². The number of halogens is 3. The minimum absolute atomic E-state index is 0.0321. The van der Waals surface area contributed by atoms with Crippen LogP contribution in [-0.4, -0.2) is 11.3 Å². The Labute approximate surface area is 88.2 Å². The lowest BCUT2D eigenvalue weighted by Gasteiger charge is -2.11. The zero-order valence-electron chi connectivity index (χ0n) is 8.29. The molecule has 0 aliphatic carbocycles. The van der Waals surface area contributed by atoms with Crippen molar-refractivity contribution in [3.8, 4) is 0 Å². The first-order valence-corrected chi connectivity index (χ1v) is 6.18. The summed E-state index contributed by atoms with van der Waals surface area (Å²) in [5.74, 6) is -2.50. The summed E-state index contributed by atoms with van der Waals surface area (Å²) in [5.41, 5.74) is 0. The first kappa shape index (κ1) is 13.3. The van der Waals surface area contributed by atoms with Crippen LogP contribution >= 0.6 is 15.9 Å². The van der Waals surface area contributed by atoms with Gasteiger partial charge in [0.15, 0.2) is 0 Å². The molecule has 0 unspecified atom stereocenters. The van der Waals surface area contributed by atoms with Gasteiger partial charge in [0, 0.05) is 6.42 Å². The van der Waals surface area contributed by atoms with Crippen LogP contribution < -0.4 is 0 Å². The lowest BCUT2D eigenvalue weighted by atomic mass is 10.1. The van der Waals surface area contributed by atoms with Crippen LogP contribution in [0.3, 0.4) is 0 Å². The van der Waals surface area contributed by atoms with Gasteiger partial charge in [-0.2, -0.15) is 0 Å². The van der Waals surface area contributed by atoms with Gasteiger partial charge in [0.05, 0.1) is 5.33 Å². The Kier molecular flexibility index (Phi) is 7.92. The van der Waals surface area contributed by atoms with Gasteiger partial charge in [-0.05, 0) is 6.42 Å². The fourth-order valence-electron chi connectivity index (χ4n) is 1.23. The highest BCUT2D eigenvalue weighted by Crippen LogP contribution is 2.24. The molecule has 0 spiro atoms. The van der Waals surface area contributed by atoms with E-state index in [1.54, 1.807) is 0 Å². The quantitative estimate of drug-likeness (QED) is 0.434. The van der Waals surface area contributed by atoms with Crippen LogP contribution in [0, 0.1) is 0 Å². The van der Waals surface area contributed by atoms with Crippen LogP contribution in [0.5, 0.6) is 0 Å². The number of rotatable bonds is 8. The molecule has 0 amide bonds. The number of alkyl halides is 3. The van der Waals surface area contributed by atoms with E-state index < -0.39 is 5.92 Å². The van der Waals surface area contributed by atoms with Gasteiger partial charge in [-0.15, -0.1) is 0 Å². The Morgan fingerprint density at radius 1 is 1.00 bits per heavy atom. The lowest BCUT2D eigenvalue weighted by molar-refractivity contribution is 0.0170. The molecule has 0 aliphatic heterocycles. The van der Waals surface area contributed by atoms with Gasteiger partial charge in [0.25, 0.3) is 5.92 Å². The van der Waals surface area contributed by atoms with E-state index >= 15 is 0 Å². The summed E-state index contributed by atoms with van der Waals surface area (Å²) in [7, 11) is 0. The van der Waals surface area contributed by atoms with Gasteiger partial charge in [-0.25, -0.2) is 8.78 Å². The molecule has 0 heterocycles. The zero-order chi connectivity index (χ0) is 10.2. The van der Waals surface area contributed by atoms with Gasteiger partial charge < -0.3 is 0 Å². The largest absolute Gasteiger partial charge is 0.257 e. The maximum atomic E-state index is 12.7. The van der Waals surface area contributed by atoms with E-state index in [0.717, 1.165) is 12.8 Å². The van der Waals surface area contributed by atoms with Gasteiger partial charge >= 0.3 is 0 Å². The third kappa shape index (κ3) is 8.66. The molecule has 0 atom stereocenters. The fourth-order valence-corrected chi connectivity index (χ4v) is 1.51. The van der Waals surface area contributed by atoms with Crippen LogP contribution in [0.4, 0.5) is 8.78 Å². The Balaban J connectivity index is 3.16. The van der Waals surface area contributed by atoms with Crippen molar-refractivity contribution >= 4 is 15.9 Å². The average Bonchev–Trinajstić information content (AvgIpc) is 2.11. The molecule has 0 aromatic carbocycles. The molecular weight excluding hydrogens is 238 g/mol. The van der Waals surface area contributed by atoms with Crippen molar-refractivity contribution in [1.82, 2.24) is 0 Å². The van der Waals surface area contributed by atoms with Crippen LogP contribution in [-0.2, 0) is 0 Å². The van der Waals surface area contributed by atoms with Crippen molar-refractivity contribution in [2.75, 3.05) is 5.33 Å². The minimum Gasteiger partial charge on any atom is -0.206 e. The molecule has 0 radical (unpaired) electrons. The predicted octanol–water partition coefficient (Wildman–Crippen LogP) is 4.77. The highest BCUT2D eigenvalue weighted by molar-refractivity contribution is 9.09. The summed E-state index contributed by atoms with van der Waals surface area (Å²) in [5, 5.41) is -0.199. The molecule has 13 heavy (non-hydrogen) atoms.